The number of rotatable bonds is 4. The molecule has 25 heavy (non-hydrogen) atoms. The molecule has 1 aliphatic heterocycles. The Hall–Kier alpha value is -2.73. The minimum Gasteiger partial charge on any atom is -0.368 e. The van der Waals surface area contributed by atoms with Crippen LogP contribution in [0.25, 0.3) is 16.8 Å². The summed E-state index contributed by atoms with van der Waals surface area (Å²) in [6, 6.07) is 9.94. The van der Waals surface area contributed by atoms with Gasteiger partial charge in [-0.05, 0) is 24.9 Å². The van der Waals surface area contributed by atoms with Gasteiger partial charge in [-0.25, -0.2) is 9.50 Å². The van der Waals surface area contributed by atoms with Gasteiger partial charge in [0.2, 0.25) is 5.91 Å². The molecule has 0 bridgehead atoms. The molecule has 6 nitrogen and oxygen atoms in total. The monoisotopic (exact) mass is 335 g/mol. The van der Waals surface area contributed by atoms with E-state index in [2.05, 4.69) is 27.1 Å². The van der Waals surface area contributed by atoms with E-state index < -0.39 is 0 Å². The molecule has 1 aliphatic rings. The summed E-state index contributed by atoms with van der Waals surface area (Å²) in [5.41, 5.74) is 9.53. The van der Waals surface area contributed by atoms with E-state index in [9.17, 15) is 4.79 Å². The van der Waals surface area contributed by atoms with E-state index in [1.165, 1.54) is 0 Å². The van der Waals surface area contributed by atoms with Crippen LogP contribution < -0.4 is 5.73 Å². The predicted molar refractivity (Wildman–Crippen MR) is 95.7 cm³/mol. The predicted octanol–water partition coefficient (Wildman–Crippen LogP) is 2.24. The second-order valence-corrected chi connectivity index (χ2v) is 6.54. The zero-order chi connectivity index (χ0) is 17.2. The quantitative estimate of drug-likeness (QED) is 0.793. The number of fused-ring (bicyclic) bond motifs is 1. The smallest absolute Gasteiger partial charge is 0.234 e. The third kappa shape index (κ3) is 3.13. The molecule has 0 radical (unpaired) electrons. The summed E-state index contributed by atoms with van der Waals surface area (Å²) in [6.45, 7) is 1.55. The van der Waals surface area contributed by atoms with Gasteiger partial charge in [-0.2, -0.15) is 5.10 Å². The fourth-order valence-corrected chi connectivity index (χ4v) is 3.55. The highest BCUT2D eigenvalue weighted by molar-refractivity contribution is 5.80. The lowest BCUT2D eigenvalue weighted by Crippen LogP contribution is -2.47. The Morgan fingerprint density at radius 1 is 1.20 bits per heavy atom. The standard InChI is InChI=1S/C19H21N5O/c20-18(25)17-8-4-5-9-23(17)12-14-10-21-19-16(11-22-24(19)13-14)15-6-2-1-3-7-15/h1-3,6-7,10-11,13,17H,4-5,8-9,12H2,(H2,20,25)/t17-/m0/s1. The van der Waals surface area contributed by atoms with Crippen LogP contribution in [0, 0.1) is 0 Å². The zero-order valence-electron chi connectivity index (χ0n) is 14.0. The second kappa shape index (κ2) is 6.64. The molecule has 2 aromatic heterocycles. The van der Waals surface area contributed by atoms with Crippen LogP contribution in [0.1, 0.15) is 24.8 Å². The van der Waals surface area contributed by atoms with Crippen LogP contribution in [0.2, 0.25) is 0 Å². The molecule has 1 fully saturated rings. The molecular weight excluding hydrogens is 314 g/mol. The van der Waals surface area contributed by atoms with Crippen molar-refractivity contribution >= 4 is 11.6 Å². The zero-order valence-corrected chi connectivity index (χ0v) is 14.0. The Kier molecular flexibility index (Phi) is 4.19. The summed E-state index contributed by atoms with van der Waals surface area (Å²) in [6.07, 6.45) is 8.69. The number of carbonyl (C=O) groups is 1. The molecule has 1 atom stereocenters. The normalized spacial score (nSPS) is 18.5. The molecule has 3 heterocycles. The topological polar surface area (TPSA) is 76.5 Å². The lowest BCUT2D eigenvalue weighted by Gasteiger charge is -2.33. The maximum atomic E-state index is 11.7. The molecule has 0 spiro atoms. The summed E-state index contributed by atoms with van der Waals surface area (Å²) in [7, 11) is 0. The second-order valence-electron chi connectivity index (χ2n) is 6.54. The van der Waals surface area contributed by atoms with Crippen LogP contribution in [0.4, 0.5) is 0 Å². The highest BCUT2D eigenvalue weighted by atomic mass is 16.1. The Balaban J connectivity index is 1.61. The van der Waals surface area contributed by atoms with Crippen molar-refractivity contribution < 1.29 is 4.79 Å². The fourth-order valence-electron chi connectivity index (χ4n) is 3.55. The van der Waals surface area contributed by atoms with Crippen LogP contribution in [-0.4, -0.2) is 38.0 Å². The summed E-state index contributed by atoms with van der Waals surface area (Å²) in [4.78, 5) is 18.4. The Morgan fingerprint density at radius 2 is 2.04 bits per heavy atom. The maximum absolute atomic E-state index is 11.7. The van der Waals surface area contributed by atoms with Crippen molar-refractivity contribution in [1.82, 2.24) is 19.5 Å². The van der Waals surface area contributed by atoms with Gasteiger partial charge >= 0.3 is 0 Å². The molecule has 3 aromatic rings. The first kappa shape index (κ1) is 15.8. The number of amides is 1. The van der Waals surface area contributed by atoms with E-state index in [0.29, 0.717) is 6.54 Å². The van der Waals surface area contributed by atoms with Crippen molar-refractivity contribution in [3.8, 4) is 11.1 Å². The number of primary amides is 1. The third-order valence-electron chi connectivity index (χ3n) is 4.82. The first-order valence-electron chi connectivity index (χ1n) is 8.63. The molecule has 1 saturated heterocycles. The van der Waals surface area contributed by atoms with Gasteiger partial charge in [0.05, 0.1) is 12.2 Å². The molecule has 0 aliphatic carbocycles. The van der Waals surface area contributed by atoms with Crippen molar-refractivity contribution in [2.24, 2.45) is 5.73 Å². The van der Waals surface area contributed by atoms with Gasteiger partial charge in [-0.15, -0.1) is 0 Å². The van der Waals surface area contributed by atoms with Crippen molar-refractivity contribution in [2.75, 3.05) is 6.54 Å². The van der Waals surface area contributed by atoms with E-state index in [-0.39, 0.29) is 11.9 Å². The molecule has 6 heteroatoms. The number of nitrogens with two attached hydrogens (primary N) is 1. The molecule has 2 N–H and O–H groups in total. The van der Waals surface area contributed by atoms with E-state index in [1.807, 2.05) is 36.8 Å². The summed E-state index contributed by atoms with van der Waals surface area (Å²) < 4.78 is 1.81. The first-order chi connectivity index (χ1) is 12.2. The molecule has 0 saturated carbocycles. The SMILES string of the molecule is NC(=O)[C@@H]1CCCCN1Cc1cnc2c(-c3ccccc3)cnn2c1. The average molecular weight is 335 g/mol. The van der Waals surface area contributed by atoms with Crippen LogP contribution >= 0.6 is 0 Å². The van der Waals surface area contributed by atoms with Gasteiger partial charge in [-0.1, -0.05) is 36.8 Å². The minimum atomic E-state index is -0.237. The third-order valence-corrected chi connectivity index (χ3v) is 4.82. The van der Waals surface area contributed by atoms with Crippen molar-refractivity contribution in [2.45, 2.75) is 31.8 Å². The largest absolute Gasteiger partial charge is 0.368 e. The highest BCUT2D eigenvalue weighted by Gasteiger charge is 2.27. The molecule has 1 aromatic carbocycles. The number of benzene rings is 1. The summed E-state index contributed by atoms with van der Waals surface area (Å²) in [5.74, 6) is -0.237. The Labute approximate surface area is 146 Å². The van der Waals surface area contributed by atoms with Crippen LogP contribution in [-0.2, 0) is 11.3 Å². The lowest BCUT2D eigenvalue weighted by atomic mass is 10.0. The number of hydrogen-bond donors (Lipinski definition) is 1. The highest BCUT2D eigenvalue weighted by Crippen LogP contribution is 2.24. The lowest BCUT2D eigenvalue weighted by molar-refractivity contribution is -0.124. The van der Waals surface area contributed by atoms with Crippen molar-refractivity contribution in [1.29, 1.82) is 0 Å². The number of piperidine rings is 1. The van der Waals surface area contributed by atoms with Gasteiger partial charge in [0.1, 0.15) is 0 Å². The number of nitrogens with zero attached hydrogens (tertiary/aromatic N) is 4. The number of likely N-dealkylation sites (tertiary alicyclic amines) is 1. The molecule has 0 unspecified atom stereocenters. The maximum Gasteiger partial charge on any atom is 0.234 e. The van der Waals surface area contributed by atoms with Gasteiger partial charge in [0, 0.05) is 30.1 Å². The van der Waals surface area contributed by atoms with E-state index in [0.717, 1.165) is 48.1 Å². The Bertz CT molecular complexity index is 889. The molecule has 128 valence electrons. The van der Waals surface area contributed by atoms with Crippen molar-refractivity contribution in [3.63, 3.8) is 0 Å². The minimum absolute atomic E-state index is 0.179. The van der Waals surface area contributed by atoms with Gasteiger partial charge in [-0.3, -0.25) is 9.69 Å². The molecule has 4 rings (SSSR count). The number of aromatic nitrogens is 3. The van der Waals surface area contributed by atoms with E-state index in [4.69, 9.17) is 5.73 Å². The summed E-state index contributed by atoms with van der Waals surface area (Å²) in [5, 5.41) is 4.45. The molecular formula is C19H21N5O. The van der Waals surface area contributed by atoms with E-state index >= 15 is 0 Å². The number of hydrogen-bond acceptors (Lipinski definition) is 4. The van der Waals surface area contributed by atoms with Crippen LogP contribution in [0.5, 0.6) is 0 Å². The van der Waals surface area contributed by atoms with Crippen LogP contribution in [0.15, 0.2) is 48.9 Å². The van der Waals surface area contributed by atoms with Gasteiger partial charge < -0.3 is 5.73 Å². The average Bonchev–Trinajstić information content (AvgIpc) is 3.06. The first-order valence-corrected chi connectivity index (χ1v) is 8.63. The van der Waals surface area contributed by atoms with Crippen LogP contribution in [0.3, 0.4) is 0 Å². The van der Waals surface area contributed by atoms with Gasteiger partial charge in [0.25, 0.3) is 0 Å². The fraction of sp³-hybridized carbons (Fsp3) is 0.316. The number of carbonyl (C=O) groups excluding carboxylic acids is 1. The van der Waals surface area contributed by atoms with Gasteiger partial charge in [0.15, 0.2) is 5.65 Å². The summed E-state index contributed by atoms with van der Waals surface area (Å²) >= 11 is 0. The molecule has 1 amide bonds. The van der Waals surface area contributed by atoms with Crippen molar-refractivity contribution in [3.05, 3.63) is 54.5 Å². The van der Waals surface area contributed by atoms with E-state index in [1.54, 1.807) is 4.52 Å². The Morgan fingerprint density at radius 3 is 2.84 bits per heavy atom.